The Bertz CT molecular complexity index is 1100. The van der Waals surface area contributed by atoms with Crippen molar-refractivity contribution in [3.8, 4) is 17.0 Å². The van der Waals surface area contributed by atoms with Gasteiger partial charge in [-0.1, -0.05) is 26.0 Å². The van der Waals surface area contributed by atoms with Crippen LogP contribution in [0.1, 0.15) is 44.7 Å². The summed E-state index contributed by atoms with van der Waals surface area (Å²) in [4.78, 5) is 8.04. The van der Waals surface area contributed by atoms with Crippen molar-refractivity contribution in [1.29, 1.82) is 0 Å². The van der Waals surface area contributed by atoms with E-state index in [2.05, 4.69) is 9.97 Å². The van der Waals surface area contributed by atoms with E-state index in [1.807, 2.05) is 13.8 Å². The Morgan fingerprint density at radius 1 is 1.09 bits per heavy atom. The van der Waals surface area contributed by atoms with Crippen LogP contribution < -0.4 is 10.5 Å². The van der Waals surface area contributed by atoms with E-state index >= 15 is 0 Å². The van der Waals surface area contributed by atoms with Crippen molar-refractivity contribution in [1.82, 2.24) is 9.97 Å². The summed E-state index contributed by atoms with van der Waals surface area (Å²) in [6.45, 7) is 5.78. The van der Waals surface area contributed by atoms with Crippen LogP contribution in [0.5, 0.6) is 5.75 Å². The number of halogens is 5. The molecule has 0 amide bonds. The molecule has 1 aromatic carbocycles. The fourth-order valence-corrected chi connectivity index (χ4v) is 3.76. The highest BCUT2D eigenvalue weighted by molar-refractivity contribution is 5.95. The van der Waals surface area contributed by atoms with Crippen LogP contribution >= 0.6 is 0 Å². The van der Waals surface area contributed by atoms with E-state index in [0.29, 0.717) is 12.3 Å². The maximum Gasteiger partial charge on any atom is 0.418 e. The monoisotopic (exact) mass is 453 g/mol. The number of hydrogen-bond acceptors (Lipinski definition) is 4. The number of ether oxygens (including phenoxy) is 1. The Kier molecular flexibility index (Phi) is 6.69. The van der Waals surface area contributed by atoms with Gasteiger partial charge >= 0.3 is 6.18 Å². The maximum absolute atomic E-state index is 13.8. The van der Waals surface area contributed by atoms with E-state index in [0.717, 1.165) is 18.3 Å². The normalized spacial score (nSPS) is 14.2. The SMILES string of the molecule is CC(C)C[C@](C)(N)COc1cnc(-c2ccnc3c(C(F)(F)F)cccc23)cc1C(F)F. The molecule has 0 radical (unpaired) electrons. The van der Waals surface area contributed by atoms with Crippen molar-refractivity contribution in [2.24, 2.45) is 11.7 Å². The van der Waals surface area contributed by atoms with Gasteiger partial charge in [-0.15, -0.1) is 0 Å². The van der Waals surface area contributed by atoms with Crippen LogP contribution in [-0.4, -0.2) is 22.1 Å². The second-order valence-electron chi connectivity index (χ2n) is 8.51. The van der Waals surface area contributed by atoms with Crippen LogP contribution in [0.25, 0.3) is 22.2 Å². The molecule has 172 valence electrons. The fraction of sp³-hybridized carbons (Fsp3) is 0.391. The van der Waals surface area contributed by atoms with Gasteiger partial charge in [-0.2, -0.15) is 13.2 Å². The Morgan fingerprint density at radius 3 is 2.44 bits per heavy atom. The second kappa shape index (κ2) is 8.97. The minimum atomic E-state index is -4.60. The Balaban J connectivity index is 2.02. The average molecular weight is 453 g/mol. The first kappa shape index (κ1) is 23.8. The predicted octanol–water partition coefficient (Wildman–Crippen LogP) is 6.40. The molecule has 0 aliphatic rings. The summed E-state index contributed by atoms with van der Waals surface area (Å²) in [5, 5.41) is 0.162. The van der Waals surface area contributed by atoms with Gasteiger partial charge < -0.3 is 10.5 Å². The zero-order valence-corrected chi connectivity index (χ0v) is 17.9. The van der Waals surface area contributed by atoms with Crippen LogP contribution in [0.2, 0.25) is 0 Å². The molecule has 0 aliphatic heterocycles. The number of alkyl halides is 5. The third kappa shape index (κ3) is 5.32. The topological polar surface area (TPSA) is 61.0 Å². The van der Waals surface area contributed by atoms with Crippen molar-refractivity contribution in [3.63, 3.8) is 0 Å². The molecule has 0 spiro atoms. The summed E-state index contributed by atoms with van der Waals surface area (Å²) in [6, 6.07) is 6.20. The number of fused-ring (bicyclic) bond motifs is 1. The Hall–Kier alpha value is -2.81. The molecule has 32 heavy (non-hydrogen) atoms. The molecule has 0 bridgehead atoms. The number of hydrogen-bond donors (Lipinski definition) is 1. The summed E-state index contributed by atoms with van der Waals surface area (Å²) < 4.78 is 73.2. The van der Waals surface area contributed by atoms with Gasteiger partial charge in [0.25, 0.3) is 6.43 Å². The molecule has 2 N–H and O–H groups in total. The van der Waals surface area contributed by atoms with Crippen molar-refractivity contribution >= 4 is 10.9 Å². The first-order valence-corrected chi connectivity index (χ1v) is 10.0. The lowest BCUT2D eigenvalue weighted by Gasteiger charge is -2.27. The zero-order chi connectivity index (χ0) is 23.7. The van der Waals surface area contributed by atoms with Gasteiger partial charge in [0.2, 0.25) is 0 Å². The third-order valence-electron chi connectivity index (χ3n) is 4.92. The third-order valence-corrected chi connectivity index (χ3v) is 4.92. The molecule has 3 aromatic rings. The summed E-state index contributed by atoms with van der Waals surface area (Å²) in [6.07, 6.45) is -4.49. The molecule has 0 saturated heterocycles. The molecule has 3 rings (SSSR count). The molecule has 2 aromatic heterocycles. The Morgan fingerprint density at radius 2 is 1.81 bits per heavy atom. The summed E-state index contributed by atoms with van der Waals surface area (Å²) >= 11 is 0. The van der Waals surface area contributed by atoms with Crippen molar-refractivity contribution in [2.45, 2.75) is 45.3 Å². The van der Waals surface area contributed by atoms with E-state index in [1.54, 1.807) is 6.92 Å². The molecule has 0 aliphatic carbocycles. The van der Waals surface area contributed by atoms with E-state index < -0.39 is 29.3 Å². The lowest BCUT2D eigenvalue weighted by molar-refractivity contribution is -0.136. The van der Waals surface area contributed by atoms with Crippen LogP contribution in [0.15, 0.2) is 42.7 Å². The van der Waals surface area contributed by atoms with E-state index in [1.165, 1.54) is 24.4 Å². The van der Waals surface area contributed by atoms with Gasteiger partial charge in [0.05, 0.1) is 28.5 Å². The molecule has 0 unspecified atom stereocenters. The molecule has 1 atom stereocenters. The number of nitrogens with two attached hydrogens (primary N) is 1. The van der Waals surface area contributed by atoms with Gasteiger partial charge in [-0.25, -0.2) is 8.78 Å². The standard InChI is InChI=1S/C23H24F5N3O/c1-13(2)10-22(3,29)12-32-19-11-31-18(9-16(19)21(24)25)14-7-8-30-20-15(14)5-4-6-17(20)23(26,27)28/h4-9,11,13,21H,10,12,29H2,1-3H3/t22-/m0/s1. The van der Waals surface area contributed by atoms with Crippen LogP contribution in [0, 0.1) is 5.92 Å². The van der Waals surface area contributed by atoms with Crippen molar-refractivity contribution < 1.29 is 26.7 Å². The minimum absolute atomic E-state index is 0.0130. The molecule has 4 nitrogen and oxygen atoms in total. The molecule has 2 heterocycles. The maximum atomic E-state index is 13.8. The number of benzene rings is 1. The van der Waals surface area contributed by atoms with Crippen LogP contribution in [-0.2, 0) is 6.18 Å². The van der Waals surface area contributed by atoms with Crippen LogP contribution in [0.3, 0.4) is 0 Å². The van der Waals surface area contributed by atoms with Gasteiger partial charge in [-0.3, -0.25) is 9.97 Å². The summed E-state index contributed by atoms with van der Waals surface area (Å²) in [5.74, 6) is 0.184. The minimum Gasteiger partial charge on any atom is -0.490 e. The first-order valence-electron chi connectivity index (χ1n) is 10.0. The molecular formula is C23H24F5N3O. The lowest BCUT2D eigenvalue weighted by atomic mass is 9.93. The van der Waals surface area contributed by atoms with Gasteiger partial charge in [0.1, 0.15) is 12.4 Å². The van der Waals surface area contributed by atoms with Gasteiger partial charge in [0.15, 0.2) is 0 Å². The quantitative estimate of drug-likeness (QED) is 0.421. The average Bonchev–Trinajstić information content (AvgIpc) is 2.69. The second-order valence-corrected chi connectivity index (χ2v) is 8.51. The fourth-order valence-electron chi connectivity index (χ4n) is 3.76. The van der Waals surface area contributed by atoms with Crippen molar-refractivity contribution in [3.05, 3.63) is 53.9 Å². The van der Waals surface area contributed by atoms with Gasteiger partial charge in [0, 0.05) is 22.7 Å². The number of nitrogens with zero attached hydrogens (tertiary/aromatic N) is 2. The molecule has 0 saturated carbocycles. The number of para-hydroxylation sites is 1. The highest BCUT2D eigenvalue weighted by Crippen LogP contribution is 2.38. The van der Waals surface area contributed by atoms with E-state index in [9.17, 15) is 22.0 Å². The summed E-state index contributed by atoms with van der Waals surface area (Å²) in [5.41, 5.74) is 4.24. The van der Waals surface area contributed by atoms with E-state index in [4.69, 9.17) is 10.5 Å². The molecule has 0 fully saturated rings. The predicted molar refractivity (Wildman–Crippen MR) is 112 cm³/mol. The number of rotatable bonds is 7. The number of aromatic nitrogens is 2. The molecule has 9 heteroatoms. The van der Waals surface area contributed by atoms with Crippen molar-refractivity contribution in [2.75, 3.05) is 6.61 Å². The highest BCUT2D eigenvalue weighted by Gasteiger charge is 2.33. The lowest BCUT2D eigenvalue weighted by Crippen LogP contribution is -2.43. The largest absolute Gasteiger partial charge is 0.490 e. The zero-order valence-electron chi connectivity index (χ0n) is 17.9. The smallest absolute Gasteiger partial charge is 0.418 e. The van der Waals surface area contributed by atoms with Crippen LogP contribution in [0.4, 0.5) is 22.0 Å². The molecular weight excluding hydrogens is 429 g/mol. The first-order chi connectivity index (χ1) is 14.9. The van der Waals surface area contributed by atoms with Gasteiger partial charge in [-0.05, 0) is 37.5 Å². The summed E-state index contributed by atoms with van der Waals surface area (Å²) in [7, 11) is 0. The highest BCUT2D eigenvalue weighted by atomic mass is 19.4. The number of pyridine rings is 2. The van der Waals surface area contributed by atoms with E-state index in [-0.39, 0.29) is 34.5 Å². The Labute approximate surface area is 182 Å².